The first-order chi connectivity index (χ1) is 11.2. The molecule has 3 rings (SSSR count). The van der Waals surface area contributed by atoms with Crippen LogP contribution in [0.15, 0.2) is 34.9 Å². The van der Waals surface area contributed by atoms with Crippen molar-refractivity contribution in [1.29, 1.82) is 0 Å². The summed E-state index contributed by atoms with van der Waals surface area (Å²) < 4.78 is 1.14. The van der Waals surface area contributed by atoms with Crippen LogP contribution in [0, 0.1) is 0 Å². The predicted octanol–water partition coefficient (Wildman–Crippen LogP) is 4.18. The molecule has 4 nitrogen and oxygen atoms in total. The van der Waals surface area contributed by atoms with E-state index in [1.165, 1.54) is 10.4 Å². The monoisotopic (exact) mass is 430 g/mol. The lowest BCUT2D eigenvalue weighted by Gasteiger charge is -2.39. The topological polar surface area (TPSA) is 45.4 Å². The molecular weight excluding hydrogens is 408 g/mol. The molecule has 0 bridgehead atoms. The molecular formula is C17H24BrClN4S. The summed E-state index contributed by atoms with van der Waals surface area (Å²) in [7, 11) is 0. The fourth-order valence-electron chi connectivity index (χ4n) is 3.24. The molecule has 7 heteroatoms. The molecule has 1 aromatic carbocycles. The van der Waals surface area contributed by atoms with E-state index in [1.807, 2.05) is 6.20 Å². The van der Waals surface area contributed by atoms with E-state index in [0.717, 1.165) is 43.6 Å². The number of hydrogen-bond acceptors (Lipinski definition) is 5. The second kappa shape index (κ2) is 9.15. The molecule has 1 aromatic heterocycles. The number of nitrogens with two attached hydrogens (primary N) is 1. The SMILES string of the molecule is CCC(c1ccc(Br)cc1)N1CCN(Cc2cnc(N)s2)CC1.Cl. The van der Waals surface area contributed by atoms with E-state index < -0.39 is 0 Å². The van der Waals surface area contributed by atoms with Crippen molar-refractivity contribution in [2.24, 2.45) is 0 Å². The molecule has 2 heterocycles. The zero-order chi connectivity index (χ0) is 16.2. The highest BCUT2D eigenvalue weighted by molar-refractivity contribution is 9.10. The Morgan fingerprint density at radius 1 is 1.21 bits per heavy atom. The van der Waals surface area contributed by atoms with Crippen LogP contribution in [-0.2, 0) is 6.54 Å². The Bertz CT molecular complexity index is 626. The summed E-state index contributed by atoms with van der Waals surface area (Å²) in [6.07, 6.45) is 3.05. The van der Waals surface area contributed by atoms with Gasteiger partial charge in [-0.15, -0.1) is 23.7 Å². The highest BCUT2D eigenvalue weighted by Gasteiger charge is 2.24. The highest BCUT2D eigenvalue weighted by atomic mass is 79.9. The fourth-order valence-corrected chi connectivity index (χ4v) is 4.23. The van der Waals surface area contributed by atoms with Gasteiger partial charge in [0.2, 0.25) is 0 Å². The molecule has 2 N–H and O–H groups in total. The lowest BCUT2D eigenvalue weighted by atomic mass is 10.0. The number of halogens is 2. The summed E-state index contributed by atoms with van der Waals surface area (Å²) >= 11 is 5.12. The highest BCUT2D eigenvalue weighted by Crippen LogP contribution is 2.27. The minimum absolute atomic E-state index is 0. The van der Waals surface area contributed by atoms with Crippen molar-refractivity contribution in [3.63, 3.8) is 0 Å². The van der Waals surface area contributed by atoms with Gasteiger partial charge in [-0.2, -0.15) is 0 Å². The van der Waals surface area contributed by atoms with Crippen molar-refractivity contribution < 1.29 is 0 Å². The quantitative estimate of drug-likeness (QED) is 0.771. The van der Waals surface area contributed by atoms with Crippen molar-refractivity contribution in [2.45, 2.75) is 25.9 Å². The first kappa shape index (κ1) is 19.7. The van der Waals surface area contributed by atoms with Crippen LogP contribution < -0.4 is 5.73 Å². The van der Waals surface area contributed by atoms with E-state index in [2.05, 4.69) is 61.9 Å². The van der Waals surface area contributed by atoms with Crippen molar-refractivity contribution in [3.8, 4) is 0 Å². The van der Waals surface area contributed by atoms with Gasteiger partial charge in [-0.25, -0.2) is 4.98 Å². The Kier molecular flexibility index (Phi) is 7.50. The minimum Gasteiger partial charge on any atom is -0.375 e. The molecule has 1 fully saturated rings. The van der Waals surface area contributed by atoms with Crippen molar-refractivity contribution >= 4 is 44.8 Å². The summed E-state index contributed by atoms with van der Waals surface area (Å²) in [5.74, 6) is 0. The molecule has 0 aliphatic carbocycles. The predicted molar refractivity (Wildman–Crippen MR) is 108 cm³/mol. The maximum absolute atomic E-state index is 5.72. The van der Waals surface area contributed by atoms with Gasteiger partial charge in [0.25, 0.3) is 0 Å². The maximum atomic E-state index is 5.72. The van der Waals surface area contributed by atoms with E-state index in [4.69, 9.17) is 5.73 Å². The average molecular weight is 432 g/mol. The Morgan fingerprint density at radius 3 is 2.42 bits per heavy atom. The van der Waals surface area contributed by atoms with Crippen LogP contribution >= 0.6 is 39.7 Å². The van der Waals surface area contributed by atoms with Crippen molar-refractivity contribution in [2.75, 3.05) is 31.9 Å². The molecule has 1 aliphatic heterocycles. The summed E-state index contributed by atoms with van der Waals surface area (Å²) in [6.45, 7) is 7.68. The zero-order valence-electron chi connectivity index (χ0n) is 13.8. The van der Waals surface area contributed by atoms with Crippen LogP contribution in [0.25, 0.3) is 0 Å². The van der Waals surface area contributed by atoms with Gasteiger partial charge in [-0.1, -0.05) is 35.0 Å². The average Bonchev–Trinajstić information content (AvgIpc) is 2.96. The number of thiazole rings is 1. The van der Waals surface area contributed by atoms with Crippen LogP contribution in [-0.4, -0.2) is 41.0 Å². The van der Waals surface area contributed by atoms with Crippen LogP contribution in [0.3, 0.4) is 0 Å². The molecule has 24 heavy (non-hydrogen) atoms. The van der Waals surface area contributed by atoms with Gasteiger partial charge >= 0.3 is 0 Å². The summed E-state index contributed by atoms with van der Waals surface area (Å²) in [4.78, 5) is 10.5. The summed E-state index contributed by atoms with van der Waals surface area (Å²) in [6, 6.07) is 9.28. The minimum atomic E-state index is 0. The number of anilines is 1. The van der Waals surface area contributed by atoms with Crippen LogP contribution in [0.1, 0.15) is 29.8 Å². The first-order valence-electron chi connectivity index (χ1n) is 8.07. The largest absolute Gasteiger partial charge is 0.375 e. The van der Waals surface area contributed by atoms with Gasteiger partial charge in [-0.05, 0) is 24.1 Å². The molecule has 1 unspecified atom stereocenters. The standard InChI is InChI=1S/C17H23BrN4S.ClH/c1-2-16(13-3-5-14(18)6-4-13)22-9-7-21(8-10-22)12-15-11-20-17(19)23-15;/h3-6,11,16H,2,7-10,12H2,1H3,(H2,19,20);1H. The lowest BCUT2D eigenvalue weighted by molar-refractivity contribution is 0.0902. The second-order valence-corrected chi connectivity index (χ2v) is 8.01. The third kappa shape index (κ3) is 4.92. The molecule has 1 saturated heterocycles. The van der Waals surface area contributed by atoms with Crippen LogP contribution in [0.2, 0.25) is 0 Å². The van der Waals surface area contributed by atoms with E-state index in [0.29, 0.717) is 11.2 Å². The van der Waals surface area contributed by atoms with E-state index in [1.54, 1.807) is 11.3 Å². The molecule has 0 amide bonds. The summed E-state index contributed by atoms with van der Waals surface area (Å²) in [5.41, 5.74) is 7.13. The third-order valence-corrected chi connectivity index (χ3v) is 5.78. The van der Waals surface area contributed by atoms with Gasteiger partial charge in [0.05, 0.1) is 0 Å². The van der Waals surface area contributed by atoms with E-state index >= 15 is 0 Å². The number of hydrogen-bond donors (Lipinski definition) is 1. The van der Waals surface area contributed by atoms with Gasteiger partial charge in [0.1, 0.15) is 0 Å². The smallest absolute Gasteiger partial charge is 0.180 e. The molecule has 132 valence electrons. The summed E-state index contributed by atoms with van der Waals surface area (Å²) in [5, 5.41) is 0.667. The van der Waals surface area contributed by atoms with Crippen molar-refractivity contribution in [1.82, 2.24) is 14.8 Å². The van der Waals surface area contributed by atoms with E-state index in [9.17, 15) is 0 Å². The van der Waals surface area contributed by atoms with Gasteiger partial charge < -0.3 is 5.73 Å². The number of rotatable bonds is 5. The van der Waals surface area contributed by atoms with Gasteiger partial charge in [0.15, 0.2) is 5.13 Å². The Hall–Kier alpha value is -0.660. The van der Waals surface area contributed by atoms with Gasteiger partial charge in [0, 0.05) is 54.3 Å². The Labute approximate surface area is 162 Å². The normalized spacial score (nSPS) is 17.4. The van der Waals surface area contributed by atoms with Crippen LogP contribution in [0.4, 0.5) is 5.13 Å². The van der Waals surface area contributed by atoms with E-state index in [-0.39, 0.29) is 12.4 Å². The number of nitrogens with zero attached hydrogens (tertiary/aromatic N) is 3. The first-order valence-corrected chi connectivity index (χ1v) is 9.68. The number of nitrogen functional groups attached to an aromatic ring is 1. The van der Waals surface area contributed by atoms with Gasteiger partial charge in [-0.3, -0.25) is 9.80 Å². The third-order valence-electron chi connectivity index (χ3n) is 4.44. The number of benzene rings is 1. The molecule has 2 aromatic rings. The molecule has 1 aliphatic rings. The maximum Gasteiger partial charge on any atom is 0.180 e. The Balaban J connectivity index is 0.00000208. The zero-order valence-corrected chi connectivity index (χ0v) is 17.0. The molecule has 0 saturated carbocycles. The number of aromatic nitrogens is 1. The second-order valence-electron chi connectivity index (χ2n) is 5.95. The lowest BCUT2D eigenvalue weighted by Crippen LogP contribution is -2.47. The Morgan fingerprint density at radius 2 is 1.88 bits per heavy atom. The molecule has 0 radical (unpaired) electrons. The number of piperazine rings is 1. The fraction of sp³-hybridized carbons (Fsp3) is 0.471. The molecule has 1 atom stereocenters. The molecule has 0 spiro atoms. The van der Waals surface area contributed by atoms with Crippen LogP contribution in [0.5, 0.6) is 0 Å². The van der Waals surface area contributed by atoms with Crippen molar-refractivity contribution in [3.05, 3.63) is 45.4 Å².